The van der Waals surface area contributed by atoms with Gasteiger partial charge in [-0.1, -0.05) is 11.6 Å². The normalized spacial score (nSPS) is 11.6. The number of alkyl halides is 4. The maximum Gasteiger partial charge on any atom is 0.282 e. The predicted molar refractivity (Wildman–Crippen MR) is 81.5 cm³/mol. The van der Waals surface area contributed by atoms with Crippen LogP contribution in [0.15, 0.2) is 12.3 Å². The number of carbonyl (C=O) groups excluding carboxylic acids is 1. The van der Waals surface area contributed by atoms with Gasteiger partial charge < -0.3 is 4.90 Å². The number of hydrogen-bond donors (Lipinski definition) is 0. The second-order valence-electron chi connectivity index (χ2n) is 5.28. The van der Waals surface area contributed by atoms with Gasteiger partial charge >= 0.3 is 0 Å². The van der Waals surface area contributed by atoms with Crippen molar-refractivity contribution in [3.05, 3.63) is 34.4 Å². The molecule has 2 aromatic heterocycles. The first-order chi connectivity index (χ1) is 11.7. The van der Waals surface area contributed by atoms with E-state index in [4.69, 9.17) is 11.6 Å². The van der Waals surface area contributed by atoms with Gasteiger partial charge in [0.05, 0.1) is 11.6 Å². The van der Waals surface area contributed by atoms with Gasteiger partial charge in [0.15, 0.2) is 0 Å². The van der Waals surface area contributed by atoms with Crippen LogP contribution in [-0.2, 0) is 24.4 Å². The van der Waals surface area contributed by atoms with Crippen LogP contribution in [0.3, 0.4) is 0 Å². The average molecular weight is 382 g/mol. The molecule has 0 spiro atoms. The number of nitrogens with zero attached hydrogens (tertiary/aromatic N) is 5. The minimum absolute atomic E-state index is 0.0532. The zero-order valence-corrected chi connectivity index (χ0v) is 14.2. The number of amides is 1. The van der Waals surface area contributed by atoms with E-state index in [0.29, 0.717) is 28.0 Å². The van der Waals surface area contributed by atoms with Crippen molar-refractivity contribution in [2.75, 3.05) is 7.05 Å². The molecule has 2 rings (SSSR count). The smallest absolute Gasteiger partial charge is 0.282 e. The van der Waals surface area contributed by atoms with Crippen molar-refractivity contribution in [3.8, 4) is 0 Å². The van der Waals surface area contributed by atoms with Gasteiger partial charge in [-0.2, -0.15) is 10.2 Å². The maximum atomic E-state index is 12.9. The SMILES string of the molecule is CCn1cc(Cl)c(CN(C)C(=O)Cn2nc(C(F)F)cc2C(F)F)n1. The van der Waals surface area contributed by atoms with Crippen molar-refractivity contribution in [3.63, 3.8) is 0 Å². The number of hydrogen-bond acceptors (Lipinski definition) is 3. The number of rotatable bonds is 7. The summed E-state index contributed by atoms with van der Waals surface area (Å²) in [6, 6.07) is 0.600. The summed E-state index contributed by atoms with van der Waals surface area (Å²) in [4.78, 5) is 13.4. The highest BCUT2D eigenvalue weighted by Crippen LogP contribution is 2.25. The summed E-state index contributed by atoms with van der Waals surface area (Å²) in [7, 11) is 1.43. The molecule has 0 aliphatic carbocycles. The zero-order chi connectivity index (χ0) is 18.7. The van der Waals surface area contributed by atoms with Gasteiger partial charge in [-0.3, -0.25) is 14.2 Å². The highest BCUT2D eigenvalue weighted by atomic mass is 35.5. The van der Waals surface area contributed by atoms with Crippen LogP contribution in [0.1, 0.15) is 36.9 Å². The topological polar surface area (TPSA) is 56.0 Å². The fourth-order valence-corrected chi connectivity index (χ4v) is 2.34. The number of likely N-dealkylation sites (N-methyl/N-ethyl adjacent to an activating group) is 1. The minimum atomic E-state index is -3.02. The van der Waals surface area contributed by atoms with E-state index in [1.165, 1.54) is 11.9 Å². The van der Waals surface area contributed by atoms with Crippen molar-refractivity contribution in [1.82, 2.24) is 24.5 Å². The molecule has 0 bridgehead atoms. The molecule has 0 radical (unpaired) electrons. The van der Waals surface area contributed by atoms with Gasteiger partial charge in [-0.25, -0.2) is 17.6 Å². The molecule has 11 heteroatoms. The van der Waals surface area contributed by atoms with Crippen LogP contribution in [0.5, 0.6) is 0 Å². The van der Waals surface area contributed by atoms with E-state index in [2.05, 4.69) is 10.2 Å². The lowest BCUT2D eigenvalue weighted by atomic mass is 10.3. The van der Waals surface area contributed by atoms with Crippen LogP contribution < -0.4 is 0 Å². The number of aryl methyl sites for hydroxylation is 1. The molecule has 0 aliphatic heterocycles. The third-order valence-electron chi connectivity index (χ3n) is 3.49. The molecule has 0 N–H and O–H groups in total. The average Bonchev–Trinajstić information content (AvgIpc) is 3.11. The molecule has 0 saturated carbocycles. The lowest BCUT2D eigenvalue weighted by Gasteiger charge is -2.17. The van der Waals surface area contributed by atoms with Crippen LogP contribution in [0.2, 0.25) is 5.02 Å². The standard InChI is InChI=1S/C14H16ClF4N5O/c1-3-23-5-8(15)10(20-23)6-22(2)12(25)7-24-11(14(18)19)4-9(21-24)13(16)17/h4-5,13-14H,3,6-7H2,1-2H3. The molecule has 0 aromatic carbocycles. The van der Waals surface area contributed by atoms with E-state index in [9.17, 15) is 22.4 Å². The van der Waals surface area contributed by atoms with Crippen LogP contribution in [-0.4, -0.2) is 37.4 Å². The van der Waals surface area contributed by atoms with Crippen molar-refractivity contribution in [1.29, 1.82) is 0 Å². The second-order valence-corrected chi connectivity index (χ2v) is 5.69. The third kappa shape index (κ3) is 4.50. The Morgan fingerprint density at radius 1 is 1.28 bits per heavy atom. The summed E-state index contributed by atoms with van der Waals surface area (Å²) >= 11 is 6.02. The highest BCUT2D eigenvalue weighted by molar-refractivity contribution is 6.31. The molecule has 2 aromatic rings. The predicted octanol–water partition coefficient (Wildman–Crippen LogP) is 3.29. The molecule has 2 heterocycles. The van der Waals surface area contributed by atoms with Crippen LogP contribution >= 0.6 is 11.6 Å². The summed E-state index contributed by atoms with van der Waals surface area (Å²) in [5.41, 5.74) is -1.08. The summed E-state index contributed by atoms with van der Waals surface area (Å²) in [6.07, 6.45) is -4.41. The minimum Gasteiger partial charge on any atom is -0.338 e. The molecule has 0 saturated heterocycles. The fraction of sp³-hybridized carbons (Fsp3) is 0.500. The quantitative estimate of drug-likeness (QED) is 0.692. The van der Waals surface area contributed by atoms with E-state index in [1.54, 1.807) is 10.9 Å². The molecule has 25 heavy (non-hydrogen) atoms. The van der Waals surface area contributed by atoms with Crippen molar-refractivity contribution >= 4 is 17.5 Å². The van der Waals surface area contributed by atoms with Crippen molar-refractivity contribution in [2.24, 2.45) is 0 Å². The van der Waals surface area contributed by atoms with Crippen LogP contribution in [0.4, 0.5) is 17.6 Å². The highest BCUT2D eigenvalue weighted by Gasteiger charge is 2.23. The van der Waals surface area contributed by atoms with E-state index in [0.717, 1.165) is 0 Å². The largest absolute Gasteiger partial charge is 0.338 e. The summed E-state index contributed by atoms with van der Waals surface area (Å²) < 4.78 is 53.4. The van der Waals surface area contributed by atoms with E-state index < -0.39 is 36.7 Å². The van der Waals surface area contributed by atoms with E-state index in [-0.39, 0.29) is 6.54 Å². The summed E-state index contributed by atoms with van der Waals surface area (Å²) in [6.45, 7) is 1.93. The Kier molecular flexibility index (Phi) is 6.04. The molecule has 0 atom stereocenters. The second kappa shape index (κ2) is 7.85. The molecular formula is C14H16ClF4N5O. The Morgan fingerprint density at radius 3 is 2.48 bits per heavy atom. The van der Waals surface area contributed by atoms with Crippen LogP contribution in [0, 0.1) is 0 Å². The summed E-state index contributed by atoms with van der Waals surface area (Å²) in [5, 5.41) is 7.94. The van der Waals surface area contributed by atoms with Gasteiger partial charge in [0, 0.05) is 19.8 Å². The Bertz CT molecular complexity index is 746. The van der Waals surface area contributed by atoms with Crippen molar-refractivity contribution < 1.29 is 22.4 Å². The van der Waals surface area contributed by atoms with Gasteiger partial charge in [0.1, 0.15) is 23.6 Å². The third-order valence-corrected chi connectivity index (χ3v) is 3.80. The summed E-state index contributed by atoms with van der Waals surface area (Å²) in [5.74, 6) is -0.590. The fourth-order valence-electron chi connectivity index (χ4n) is 2.13. The monoisotopic (exact) mass is 381 g/mol. The first kappa shape index (κ1) is 19.2. The zero-order valence-electron chi connectivity index (χ0n) is 13.5. The van der Waals surface area contributed by atoms with Gasteiger partial charge in [0.25, 0.3) is 12.9 Å². The maximum absolute atomic E-state index is 12.9. The van der Waals surface area contributed by atoms with Gasteiger partial charge in [-0.05, 0) is 13.0 Å². The molecule has 1 amide bonds. The Labute approximate surface area is 146 Å². The lowest BCUT2D eigenvalue weighted by Crippen LogP contribution is -2.31. The molecule has 138 valence electrons. The Morgan fingerprint density at radius 2 is 1.96 bits per heavy atom. The Hall–Kier alpha value is -2.10. The number of halogens is 5. The van der Waals surface area contributed by atoms with Crippen molar-refractivity contribution in [2.45, 2.75) is 39.4 Å². The molecule has 0 unspecified atom stereocenters. The lowest BCUT2D eigenvalue weighted by molar-refractivity contribution is -0.131. The molecule has 6 nitrogen and oxygen atoms in total. The van der Waals surface area contributed by atoms with Crippen LogP contribution in [0.25, 0.3) is 0 Å². The first-order valence-corrected chi connectivity index (χ1v) is 7.70. The van der Waals surface area contributed by atoms with E-state index in [1.807, 2.05) is 6.92 Å². The molecular weight excluding hydrogens is 366 g/mol. The molecule has 0 fully saturated rings. The number of carbonyl (C=O) groups is 1. The Balaban J connectivity index is 2.11. The van der Waals surface area contributed by atoms with Gasteiger partial charge in [0.2, 0.25) is 5.91 Å². The molecule has 0 aliphatic rings. The van der Waals surface area contributed by atoms with Gasteiger partial charge in [-0.15, -0.1) is 0 Å². The first-order valence-electron chi connectivity index (χ1n) is 7.32. The van der Waals surface area contributed by atoms with E-state index >= 15 is 0 Å². The number of aromatic nitrogens is 4.